The van der Waals surface area contributed by atoms with Gasteiger partial charge >= 0.3 is 5.97 Å². The summed E-state index contributed by atoms with van der Waals surface area (Å²) in [5.74, 6) is -1.22. The lowest BCUT2D eigenvalue weighted by Gasteiger charge is -2.19. The van der Waals surface area contributed by atoms with Crippen molar-refractivity contribution in [3.05, 3.63) is 52.8 Å². The third-order valence-corrected chi connectivity index (χ3v) is 3.51. The van der Waals surface area contributed by atoms with Gasteiger partial charge in [-0.1, -0.05) is 23.7 Å². The van der Waals surface area contributed by atoms with E-state index in [1.165, 1.54) is 12.3 Å². The molecule has 6 heteroatoms. The van der Waals surface area contributed by atoms with Crippen LogP contribution >= 0.6 is 11.6 Å². The Bertz CT molecular complexity index is 674. The SMILES string of the molecule is CC(C)(C(=O)O)c1ccc(NC(=O)c2cc(Cl)c[nH]2)cc1. The number of anilines is 1. The van der Waals surface area contributed by atoms with Crippen molar-refractivity contribution < 1.29 is 14.7 Å². The second-order valence-corrected chi connectivity index (χ2v) is 5.63. The standard InChI is InChI=1S/C15H15ClN2O3/c1-15(2,14(20)21)9-3-5-11(6-4-9)18-13(19)12-7-10(16)8-17-12/h3-8,17H,1-2H3,(H,18,19)(H,20,21). The van der Waals surface area contributed by atoms with E-state index in [-0.39, 0.29) is 5.91 Å². The predicted octanol–water partition coefficient (Wildman–Crippen LogP) is 3.28. The van der Waals surface area contributed by atoms with Crippen LogP contribution in [0.3, 0.4) is 0 Å². The first-order chi connectivity index (χ1) is 9.80. The molecule has 0 saturated heterocycles. The Labute approximate surface area is 126 Å². The van der Waals surface area contributed by atoms with Crippen molar-refractivity contribution in [2.45, 2.75) is 19.3 Å². The molecule has 1 heterocycles. The monoisotopic (exact) mass is 306 g/mol. The summed E-state index contributed by atoms with van der Waals surface area (Å²) in [5.41, 5.74) is 0.622. The summed E-state index contributed by atoms with van der Waals surface area (Å²) >= 11 is 5.74. The van der Waals surface area contributed by atoms with Crippen LogP contribution in [0.1, 0.15) is 29.9 Å². The summed E-state index contributed by atoms with van der Waals surface area (Å²) in [6.45, 7) is 3.26. The van der Waals surface area contributed by atoms with Gasteiger partial charge in [-0.2, -0.15) is 0 Å². The van der Waals surface area contributed by atoms with E-state index >= 15 is 0 Å². The molecule has 0 atom stereocenters. The van der Waals surface area contributed by atoms with Gasteiger partial charge < -0.3 is 15.4 Å². The van der Waals surface area contributed by atoms with Gasteiger partial charge in [0.2, 0.25) is 0 Å². The minimum absolute atomic E-state index is 0.313. The second-order valence-electron chi connectivity index (χ2n) is 5.19. The number of carboxylic acid groups (broad SMARTS) is 1. The summed E-state index contributed by atoms with van der Waals surface area (Å²) in [5, 5.41) is 12.3. The third kappa shape index (κ3) is 3.25. The molecule has 0 aliphatic carbocycles. The number of H-pyrrole nitrogens is 1. The van der Waals surface area contributed by atoms with Gasteiger partial charge in [0.25, 0.3) is 5.91 Å². The normalized spacial score (nSPS) is 11.2. The lowest BCUT2D eigenvalue weighted by atomic mass is 9.85. The maximum absolute atomic E-state index is 11.9. The zero-order valence-corrected chi connectivity index (χ0v) is 12.4. The highest BCUT2D eigenvalue weighted by Crippen LogP contribution is 2.25. The largest absolute Gasteiger partial charge is 0.481 e. The zero-order valence-electron chi connectivity index (χ0n) is 11.6. The van der Waals surface area contributed by atoms with Crippen LogP contribution in [0, 0.1) is 0 Å². The number of amides is 1. The molecule has 0 spiro atoms. The first-order valence-electron chi connectivity index (χ1n) is 6.30. The van der Waals surface area contributed by atoms with Crippen LogP contribution in [0.25, 0.3) is 0 Å². The molecule has 0 saturated carbocycles. The van der Waals surface area contributed by atoms with Crippen LogP contribution in [-0.2, 0) is 10.2 Å². The number of rotatable bonds is 4. The van der Waals surface area contributed by atoms with E-state index in [1.807, 2.05) is 0 Å². The summed E-state index contributed by atoms with van der Waals surface area (Å²) in [4.78, 5) is 25.9. The van der Waals surface area contributed by atoms with Gasteiger partial charge in [0.05, 0.1) is 10.4 Å². The number of aliphatic carboxylic acids is 1. The zero-order chi connectivity index (χ0) is 15.6. The number of hydrogen-bond acceptors (Lipinski definition) is 2. The fourth-order valence-electron chi connectivity index (χ4n) is 1.79. The molecule has 110 valence electrons. The van der Waals surface area contributed by atoms with Crippen LogP contribution in [0.15, 0.2) is 36.5 Å². The lowest BCUT2D eigenvalue weighted by molar-refractivity contribution is -0.142. The average molecular weight is 307 g/mol. The van der Waals surface area contributed by atoms with E-state index in [2.05, 4.69) is 10.3 Å². The van der Waals surface area contributed by atoms with E-state index in [9.17, 15) is 14.7 Å². The third-order valence-electron chi connectivity index (χ3n) is 3.29. The molecule has 0 aliphatic rings. The number of carbonyl (C=O) groups excluding carboxylic acids is 1. The van der Waals surface area contributed by atoms with Gasteiger partial charge in [-0.3, -0.25) is 9.59 Å². The minimum Gasteiger partial charge on any atom is -0.481 e. The molecule has 0 unspecified atom stereocenters. The van der Waals surface area contributed by atoms with Crippen molar-refractivity contribution in [3.8, 4) is 0 Å². The number of benzene rings is 1. The summed E-state index contributed by atoms with van der Waals surface area (Å²) in [6, 6.07) is 8.24. The molecule has 3 N–H and O–H groups in total. The number of nitrogens with one attached hydrogen (secondary N) is 2. The molecule has 0 fully saturated rings. The lowest BCUT2D eigenvalue weighted by Crippen LogP contribution is -2.28. The molecule has 0 bridgehead atoms. The van der Waals surface area contributed by atoms with Gasteiger partial charge in [-0.25, -0.2) is 0 Å². The minimum atomic E-state index is -0.977. The summed E-state index contributed by atoms with van der Waals surface area (Å²) < 4.78 is 0. The smallest absolute Gasteiger partial charge is 0.313 e. The molecule has 0 aliphatic heterocycles. The quantitative estimate of drug-likeness (QED) is 0.810. The highest BCUT2D eigenvalue weighted by Gasteiger charge is 2.29. The van der Waals surface area contributed by atoms with E-state index < -0.39 is 11.4 Å². The Kier molecular flexibility index (Phi) is 4.04. The van der Waals surface area contributed by atoms with E-state index in [0.29, 0.717) is 22.0 Å². The summed E-state index contributed by atoms with van der Waals surface area (Å²) in [7, 11) is 0. The Morgan fingerprint density at radius 2 is 1.86 bits per heavy atom. The van der Waals surface area contributed by atoms with Crippen molar-refractivity contribution in [1.82, 2.24) is 4.98 Å². The highest BCUT2D eigenvalue weighted by molar-refractivity contribution is 6.31. The number of carboxylic acids is 1. The van der Waals surface area contributed by atoms with E-state index in [1.54, 1.807) is 38.1 Å². The first-order valence-corrected chi connectivity index (χ1v) is 6.67. The molecule has 2 aromatic rings. The van der Waals surface area contributed by atoms with Gasteiger partial charge in [0.1, 0.15) is 5.69 Å². The van der Waals surface area contributed by atoms with Crippen LogP contribution in [0.2, 0.25) is 5.02 Å². The van der Waals surface area contributed by atoms with Crippen molar-refractivity contribution in [2.75, 3.05) is 5.32 Å². The molecular weight excluding hydrogens is 292 g/mol. The molecule has 1 amide bonds. The molecule has 1 aromatic heterocycles. The number of carbonyl (C=O) groups is 2. The van der Waals surface area contributed by atoms with Gasteiger partial charge in [0.15, 0.2) is 0 Å². The first kappa shape index (κ1) is 15.1. The number of aromatic amines is 1. The van der Waals surface area contributed by atoms with Crippen LogP contribution in [0.5, 0.6) is 0 Å². The fourth-order valence-corrected chi connectivity index (χ4v) is 1.95. The number of hydrogen-bond donors (Lipinski definition) is 3. The topological polar surface area (TPSA) is 82.2 Å². The Hall–Kier alpha value is -2.27. The second kappa shape index (κ2) is 5.61. The predicted molar refractivity (Wildman–Crippen MR) is 80.9 cm³/mol. The Balaban J connectivity index is 2.13. The Morgan fingerprint density at radius 1 is 1.24 bits per heavy atom. The maximum Gasteiger partial charge on any atom is 0.313 e. The van der Waals surface area contributed by atoms with Crippen molar-refractivity contribution in [1.29, 1.82) is 0 Å². The van der Waals surface area contributed by atoms with Crippen LogP contribution in [0.4, 0.5) is 5.69 Å². The number of aromatic nitrogens is 1. The van der Waals surface area contributed by atoms with Gasteiger partial charge in [0, 0.05) is 11.9 Å². The number of halogens is 1. The Morgan fingerprint density at radius 3 is 2.33 bits per heavy atom. The fraction of sp³-hybridized carbons (Fsp3) is 0.200. The molecule has 21 heavy (non-hydrogen) atoms. The van der Waals surface area contributed by atoms with Crippen molar-refractivity contribution in [2.24, 2.45) is 0 Å². The van der Waals surface area contributed by atoms with Gasteiger partial charge in [-0.15, -0.1) is 0 Å². The maximum atomic E-state index is 11.9. The van der Waals surface area contributed by atoms with Crippen molar-refractivity contribution >= 4 is 29.2 Å². The highest BCUT2D eigenvalue weighted by atomic mass is 35.5. The van der Waals surface area contributed by atoms with Gasteiger partial charge in [-0.05, 0) is 37.6 Å². The summed E-state index contributed by atoms with van der Waals surface area (Å²) in [6.07, 6.45) is 1.52. The molecule has 1 aromatic carbocycles. The molecule has 5 nitrogen and oxygen atoms in total. The molecule has 2 rings (SSSR count). The van der Waals surface area contributed by atoms with Crippen LogP contribution < -0.4 is 5.32 Å². The van der Waals surface area contributed by atoms with Crippen LogP contribution in [-0.4, -0.2) is 22.0 Å². The van der Waals surface area contributed by atoms with E-state index in [0.717, 1.165) is 0 Å². The van der Waals surface area contributed by atoms with Crippen molar-refractivity contribution in [3.63, 3.8) is 0 Å². The molecular formula is C15H15ClN2O3. The van der Waals surface area contributed by atoms with E-state index in [4.69, 9.17) is 11.6 Å². The molecule has 0 radical (unpaired) electrons. The average Bonchev–Trinajstić information content (AvgIpc) is 2.86.